The first kappa shape index (κ1) is 17.7. The van der Waals surface area contributed by atoms with Gasteiger partial charge in [0.15, 0.2) is 0 Å². The molecule has 0 atom stereocenters. The summed E-state index contributed by atoms with van der Waals surface area (Å²) in [6.45, 7) is 1.97. The van der Waals surface area contributed by atoms with E-state index < -0.39 is 10.0 Å². The van der Waals surface area contributed by atoms with Crippen LogP contribution in [-0.4, -0.2) is 24.8 Å². The molecule has 0 amide bonds. The maximum Gasteiger partial charge on any atom is 0.229 e. The van der Waals surface area contributed by atoms with Crippen LogP contribution in [0.1, 0.15) is 4.88 Å². The number of nitrogens with zero attached hydrogens (tertiary/aromatic N) is 1. The number of halogens is 1. The van der Waals surface area contributed by atoms with E-state index in [1.54, 1.807) is 30.3 Å². The lowest BCUT2D eigenvalue weighted by Gasteiger charge is -2.05. The highest BCUT2D eigenvalue weighted by atomic mass is 35.5. The summed E-state index contributed by atoms with van der Waals surface area (Å²) in [7, 11) is -3.30. The van der Waals surface area contributed by atoms with Crippen LogP contribution in [0.25, 0.3) is 21.8 Å². The van der Waals surface area contributed by atoms with E-state index in [4.69, 9.17) is 11.6 Å². The molecule has 0 radical (unpaired) electrons. The van der Waals surface area contributed by atoms with E-state index in [1.807, 2.05) is 19.1 Å². The molecule has 1 aromatic heterocycles. The van der Waals surface area contributed by atoms with E-state index >= 15 is 0 Å². The summed E-state index contributed by atoms with van der Waals surface area (Å²) in [6, 6.07) is 12.0. The molecule has 0 aliphatic rings. The van der Waals surface area contributed by atoms with Crippen LogP contribution in [-0.2, 0) is 10.0 Å². The summed E-state index contributed by atoms with van der Waals surface area (Å²) < 4.78 is 25.0. The number of hydrogen-bond donors (Lipinski definition) is 2. The first-order valence-electron chi connectivity index (χ1n) is 7.27. The van der Waals surface area contributed by atoms with Gasteiger partial charge in [0.25, 0.3) is 0 Å². The number of aryl methyl sites for hydroxylation is 1. The molecular formula is C17H15ClN2O3S2. The highest BCUT2D eigenvalue weighted by molar-refractivity contribution is 7.92. The van der Waals surface area contributed by atoms with Crippen molar-refractivity contribution >= 4 is 38.6 Å². The number of aromatic hydroxyl groups is 1. The standard InChI is InChI=1S/C17H15ClN2O3S2/c1-10-16(11-3-6-13(7-4-11)20-25(2,22)23)19-17(24-10)12-5-8-15(21)14(18)9-12/h3-9,20-21H,1-2H3. The Morgan fingerprint density at radius 2 is 1.76 bits per heavy atom. The minimum Gasteiger partial charge on any atom is -0.506 e. The van der Waals surface area contributed by atoms with Gasteiger partial charge in [-0.25, -0.2) is 13.4 Å². The first-order valence-corrected chi connectivity index (χ1v) is 10.4. The van der Waals surface area contributed by atoms with Crippen molar-refractivity contribution in [3.05, 3.63) is 52.4 Å². The number of phenolic OH excluding ortho intramolecular Hbond substituents is 1. The third-order valence-corrected chi connectivity index (χ3v) is 5.38. The van der Waals surface area contributed by atoms with Crippen molar-refractivity contribution in [2.45, 2.75) is 6.92 Å². The van der Waals surface area contributed by atoms with E-state index in [-0.39, 0.29) is 10.8 Å². The van der Waals surface area contributed by atoms with E-state index in [1.165, 1.54) is 11.3 Å². The number of phenols is 1. The molecule has 1 heterocycles. The molecule has 0 spiro atoms. The molecule has 0 unspecified atom stereocenters. The van der Waals surface area contributed by atoms with Crippen LogP contribution in [0, 0.1) is 6.92 Å². The Balaban J connectivity index is 1.93. The van der Waals surface area contributed by atoms with Gasteiger partial charge >= 0.3 is 0 Å². The fourth-order valence-corrected chi connectivity index (χ4v) is 4.01. The van der Waals surface area contributed by atoms with Crippen molar-refractivity contribution in [2.75, 3.05) is 11.0 Å². The quantitative estimate of drug-likeness (QED) is 0.682. The summed E-state index contributed by atoms with van der Waals surface area (Å²) in [6.07, 6.45) is 1.11. The number of sulfonamides is 1. The van der Waals surface area contributed by atoms with Crippen molar-refractivity contribution in [1.82, 2.24) is 4.98 Å². The zero-order valence-corrected chi connectivity index (χ0v) is 15.8. The van der Waals surface area contributed by atoms with Crippen molar-refractivity contribution < 1.29 is 13.5 Å². The average molecular weight is 395 g/mol. The Morgan fingerprint density at radius 3 is 2.36 bits per heavy atom. The van der Waals surface area contributed by atoms with Gasteiger partial charge in [0.05, 0.1) is 17.0 Å². The summed E-state index contributed by atoms with van der Waals surface area (Å²) in [5.41, 5.74) is 3.06. The molecule has 2 N–H and O–H groups in total. The lowest BCUT2D eigenvalue weighted by atomic mass is 10.1. The van der Waals surface area contributed by atoms with Crippen LogP contribution in [0.4, 0.5) is 5.69 Å². The van der Waals surface area contributed by atoms with Crippen LogP contribution in [0.3, 0.4) is 0 Å². The lowest BCUT2D eigenvalue weighted by molar-refractivity contribution is 0.475. The largest absolute Gasteiger partial charge is 0.506 e. The topological polar surface area (TPSA) is 79.3 Å². The number of thiazole rings is 1. The number of anilines is 1. The van der Waals surface area contributed by atoms with Crippen LogP contribution < -0.4 is 4.72 Å². The van der Waals surface area contributed by atoms with Crippen molar-refractivity contribution in [2.24, 2.45) is 0 Å². The van der Waals surface area contributed by atoms with Gasteiger partial charge in [-0.05, 0) is 37.3 Å². The number of rotatable bonds is 4. The molecule has 0 bridgehead atoms. The maximum atomic E-state index is 11.3. The van der Waals surface area contributed by atoms with Crippen LogP contribution in [0.15, 0.2) is 42.5 Å². The molecule has 3 aromatic rings. The SMILES string of the molecule is Cc1sc(-c2ccc(O)c(Cl)c2)nc1-c1ccc(NS(C)(=O)=O)cc1. The van der Waals surface area contributed by atoms with Gasteiger partial charge in [0.2, 0.25) is 10.0 Å². The normalized spacial score (nSPS) is 11.5. The fraction of sp³-hybridized carbons (Fsp3) is 0.118. The summed E-state index contributed by atoms with van der Waals surface area (Å²) in [5, 5.41) is 10.6. The smallest absolute Gasteiger partial charge is 0.229 e. The van der Waals surface area contributed by atoms with Gasteiger partial charge in [-0.3, -0.25) is 4.72 Å². The molecule has 8 heteroatoms. The second-order valence-electron chi connectivity index (χ2n) is 5.54. The minimum atomic E-state index is -3.30. The van der Waals surface area contributed by atoms with E-state index in [0.29, 0.717) is 5.69 Å². The first-order chi connectivity index (χ1) is 11.7. The van der Waals surface area contributed by atoms with Crippen molar-refractivity contribution in [3.63, 3.8) is 0 Å². The summed E-state index contributed by atoms with van der Waals surface area (Å²) in [5.74, 6) is 0.0351. The molecule has 0 saturated heterocycles. The minimum absolute atomic E-state index is 0.0351. The lowest BCUT2D eigenvalue weighted by Crippen LogP contribution is -2.09. The zero-order valence-electron chi connectivity index (χ0n) is 13.4. The molecule has 0 fully saturated rings. The fourth-order valence-electron chi connectivity index (χ4n) is 2.34. The molecule has 0 aliphatic heterocycles. The number of nitrogens with one attached hydrogen (secondary N) is 1. The van der Waals surface area contributed by atoms with Gasteiger partial charge in [-0.2, -0.15) is 0 Å². The third-order valence-electron chi connectivity index (χ3n) is 3.45. The molecule has 0 aliphatic carbocycles. The predicted molar refractivity (Wildman–Crippen MR) is 103 cm³/mol. The van der Waals surface area contributed by atoms with Gasteiger partial charge in [-0.1, -0.05) is 23.7 Å². The summed E-state index contributed by atoms with van der Waals surface area (Å²) in [4.78, 5) is 5.70. The Labute approximate surface area is 155 Å². The average Bonchev–Trinajstić information content (AvgIpc) is 2.91. The molecule has 2 aromatic carbocycles. The summed E-state index contributed by atoms with van der Waals surface area (Å²) >= 11 is 7.50. The Kier molecular flexibility index (Phi) is 4.73. The van der Waals surface area contributed by atoms with Crippen molar-refractivity contribution in [1.29, 1.82) is 0 Å². The predicted octanol–water partition coefficient (Wildman–Crippen LogP) is 4.52. The number of benzene rings is 2. The maximum absolute atomic E-state index is 11.3. The Bertz CT molecular complexity index is 1030. The molecule has 5 nitrogen and oxygen atoms in total. The van der Waals surface area contributed by atoms with Crippen molar-refractivity contribution in [3.8, 4) is 27.6 Å². The Morgan fingerprint density at radius 1 is 1.12 bits per heavy atom. The highest BCUT2D eigenvalue weighted by Gasteiger charge is 2.13. The Hall–Kier alpha value is -2.09. The second-order valence-corrected chi connectivity index (χ2v) is 8.90. The zero-order chi connectivity index (χ0) is 18.2. The molecule has 130 valence electrons. The van der Waals surface area contributed by atoms with E-state index in [9.17, 15) is 13.5 Å². The van der Waals surface area contributed by atoms with Crippen LogP contribution in [0.2, 0.25) is 5.02 Å². The molecular weight excluding hydrogens is 380 g/mol. The van der Waals surface area contributed by atoms with Gasteiger partial charge in [-0.15, -0.1) is 11.3 Å². The van der Waals surface area contributed by atoms with Gasteiger partial charge < -0.3 is 5.11 Å². The van der Waals surface area contributed by atoms with Crippen LogP contribution >= 0.6 is 22.9 Å². The number of aromatic nitrogens is 1. The highest BCUT2D eigenvalue weighted by Crippen LogP contribution is 2.36. The number of hydrogen-bond acceptors (Lipinski definition) is 5. The van der Waals surface area contributed by atoms with Gasteiger partial charge in [0.1, 0.15) is 10.8 Å². The van der Waals surface area contributed by atoms with Gasteiger partial charge in [0, 0.05) is 21.7 Å². The molecule has 25 heavy (non-hydrogen) atoms. The molecule has 0 saturated carbocycles. The van der Waals surface area contributed by atoms with Crippen LogP contribution in [0.5, 0.6) is 5.75 Å². The molecule has 3 rings (SSSR count). The second kappa shape index (κ2) is 6.67. The monoisotopic (exact) mass is 394 g/mol. The van der Waals surface area contributed by atoms with E-state index in [0.717, 1.165) is 33.0 Å². The third kappa shape index (κ3) is 4.12. The van der Waals surface area contributed by atoms with E-state index in [2.05, 4.69) is 9.71 Å².